The van der Waals surface area contributed by atoms with Crippen molar-refractivity contribution in [3.63, 3.8) is 0 Å². The van der Waals surface area contributed by atoms with Crippen molar-refractivity contribution in [2.75, 3.05) is 0 Å². The highest BCUT2D eigenvalue weighted by Gasteiger charge is 2.53. The molecule has 198 valence electrons. The Morgan fingerprint density at radius 1 is 0.690 bits per heavy atom. The molecule has 5 aromatic carbocycles. The normalized spacial score (nSPS) is 15.3. The van der Waals surface area contributed by atoms with E-state index in [0.29, 0.717) is 0 Å². The van der Waals surface area contributed by atoms with Crippen molar-refractivity contribution in [3.05, 3.63) is 145 Å². The van der Waals surface area contributed by atoms with Gasteiger partial charge >= 0.3 is 0 Å². The molecule has 0 saturated heterocycles. The van der Waals surface area contributed by atoms with Crippen LogP contribution in [0.3, 0.4) is 0 Å². The molecule has 0 aliphatic heterocycles. The molecule has 0 unspecified atom stereocenters. The molecule has 0 N–H and O–H groups in total. The van der Waals surface area contributed by atoms with Crippen LogP contribution in [0.4, 0.5) is 0 Å². The van der Waals surface area contributed by atoms with E-state index in [0.717, 1.165) is 37.3 Å². The van der Waals surface area contributed by atoms with Crippen molar-refractivity contribution in [1.29, 1.82) is 0 Å². The van der Waals surface area contributed by atoms with E-state index < -0.39 is 5.41 Å². The maximum atomic E-state index is 6.85. The average molecular weight is 684 g/mol. The predicted octanol–water partition coefficient (Wildman–Crippen LogP) is 11.8. The van der Waals surface area contributed by atoms with Crippen LogP contribution >= 0.6 is 43.2 Å². The zero-order valence-corrected chi connectivity index (χ0v) is 26.2. The second-order valence-electron chi connectivity index (χ2n) is 11.3. The Labute approximate surface area is 263 Å². The number of furan rings is 1. The minimum absolute atomic E-state index is 0.457. The molecule has 10 rings (SSSR count). The third-order valence-corrected chi connectivity index (χ3v) is 11.9. The summed E-state index contributed by atoms with van der Waals surface area (Å²) in [4.78, 5) is 1.33. The quantitative estimate of drug-likeness (QED) is 0.155. The zero-order chi connectivity index (χ0) is 27.7. The summed E-state index contributed by atoms with van der Waals surface area (Å²) in [6.07, 6.45) is 9.78. The number of halogens is 2. The van der Waals surface area contributed by atoms with E-state index in [-0.39, 0.29) is 0 Å². The molecular weight excluding hydrogens is 664 g/mol. The maximum absolute atomic E-state index is 6.85. The molecule has 3 aliphatic rings. The number of allylic oxidation sites excluding steroid dienone is 3. The van der Waals surface area contributed by atoms with Crippen LogP contribution < -0.4 is 0 Å². The molecular formula is C38H20Br2OS. The Morgan fingerprint density at radius 3 is 2.14 bits per heavy atom. The number of fused-ring (bicyclic) bond motifs is 18. The summed E-state index contributed by atoms with van der Waals surface area (Å²) in [6, 6.07) is 31.2. The van der Waals surface area contributed by atoms with E-state index in [9.17, 15) is 0 Å². The summed E-state index contributed by atoms with van der Waals surface area (Å²) in [6.45, 7) is 0. The highest BCUT2D eigenvalue weighted by molar-refractivity contribution is 9.11. The second-order valence-corrected chi connectivity index (χ2v) is 14.1. The topological polar surface area (TPSA) is 13.1 Å². The summed E-state index contributed by atoms with van der Waals surface area (Å²) in [7, 11) is 0. The Hall–Kier alpha value is -3.70. The minimum atomic E-state index is -0.457. The molecule has 2 heterocycles. The van der Waals surface area contributed by atoms with Gasteiger partial charge in [0.15, 0.2) is 0 Å². The highest BCUT2D eigenvalue weighted by Crippen LogP contribution is 2.67. The molecule has 0 amide bonds. The fourth-order valence-corrected chi connectivity index (χ4v) is 10.7. The van der Waals surface area contributed by atoms with E-state index in [4.69, 9.17) is 4.42 Å². The molecule has 4 heteroatoms. The third kappa shape index (κ3) is 2.71. The Balaban J connectivity index is 1.49. The van der Waals surface area contributed by atoms with Crippen LogP contribution in [0, 0.1) is 0 Å². The summed E-state index contributed by atoms with van der Waals surface area (Å²) in [5.74, 6) is 0. The van der Waals surface area contributed by atoms with Crippen LogP contribution in [0.5, 0.6) is 0 Å². The van der Waals surface area contributed by atoms with Crippen molar-refractivity contribution in [1.82, 2.24) is 0 Å². The molecule has 0 bridgehead atoms. The van der Waals surface area contributed by atoms with Gasteiger partial charge in [-0.15, -0.1) is 11.3 Å². The van der Waals surface area contributed by atoms with E-state index in [1.165, 1.54) is 65.0 Å². The average Bonchev–Trinajstić information content (AvgIpc) is 3.68. The molecule has 3 aliphatic carbocycles. The predicted molar refractivity (Wildman–Crippen MR) is 183 cm³/mol. The van der Waals surface area contributed by atoms with Crippen LogP contribution in [0.15, 0.2) is 117 Å². The number of hydrogen-bond donors (Lipinski definition) is 0. The molecule has 42 heavy (non-hydrogen) atoms. The van der Waals surface area contributed by atoms with Gasteiger partial charge in [-0.3, -0.25) is 0 Å². The zero-order valence-electron chi connectivity index (χ0n) is 22.2. The fourth-order valence-electron chi connectivity index (χ4n) is 7.95. The number of para-hydroxylation sites is 1. The SMILES string of the molecule is Brc1cc2c(c3sc4c(c13)CC=CC=C4)-c1c(cc(Br)c3c1oc1ccccc13)C21c2ccccc2-c2ccccc21. The molecule has 0 saturated carbocycles. The van der Waals surface area contributed by atoms with Crippen LogP contribution in [-0.2, 0) is 11.8 Å². The van der Waals surface area contributed by atoms with Gasteiger partial charge in [0.25, 0.3) is 0 Å². The largest absolute Gasteiger partial charge is 0.455 e. The number of benzene rings is 5. The van der Waals surface area contributed by atoms with Crippen molar-refractivity contribution in [3.8, 4) is 22.3 Å². The Morgan fingerprint density at radius 2 is 1.36 bits per heavy atom. The molecule has 0 radical (unpaired) electrons. The lowest BCUT2D eigenvalue weighted by Gasteiger charge is -2.30. The van der Waals surface area contributed by atoms with Gasteiger partial charge in [0.2, 0.25) is 0 Å². The summed E-state index contributed by atoms with van der Waals surface area (Å²) in [5.41, 5.74) is 13.2. The lowest BCUT2D eigenvalue weighted by atomic mass is 9.70. The molecule has 1 nitrogen and oxygen atoms in total. The number of rotatable bonds is 0. The summed E-state index contributed by atoms with van der Waals surface area (Å²) < 4.78 is 10.4. The van der Waals surface area contributed by atoms with Gasteiger partial charge in [-0.1, -0.05) is 117 Å². The molecule has 0 fully saturated rings. The van der Waals surface area contributed by atoms with Crippen LogP contribution in [0.25, 0.3) is 60.4 Å². The van der Waals surface area contributed by atoms with Gasteiger partial charge in [0.05, 0.1) is 5.41 Å². The van der Waals surface area contributed by atoms with E-state index in [1.807, 2.05) is 11.3 Å². The van der Waals surface area contributed by atoms with E-state index in [2.05, 4.69) is 141 Å². The number of thiophene rings is 1. The summed E-state index contributed by atoms with van der Waals surface area (Å²) >= 11 is 10.1. The molecule has 7 aromatic rings. The first kappa shape index (κ1) is 23.8. The lowest BCUT2D eigenvalue weighted by Crippen LogP contribution is -2.26. The molecule has 0 atom stereocenters. The highest BCUT2D eigenvalue weighted by atomic mass is 79.9. The monoisotopic (exact) mass is 682 g/mol. The smallest absolute Gasteiger partial charge is 0.144 e. The van der Waals surface area contributed by atoms with E-state index in [1.54, 1.807) is 0 Å². The number of hydrogen-bond acceptors (Lipinski definition) is 2. The van der Waals surface area contributed by atoms with Gasteiger partial charge in [0.1, 0.15) is 11.2 Å². The van der Waals surface area contributed by atoms with Crippen molar-refractivity contribution in [2.45, 2.75) is 11.8 Å². The van der Waals surface area contributed by atoms with Gasteiger partial charge < -0.3 is 4.42 Å². The van der Waals surface area contributed by atoms with E-state index >= 15 is 0 Å². The minimum Gasteiger partial charge on any atom is -0.455 e. The van der Waals surface area contributed by atoms with Crippen LogP contribution in [0.2, 0.25) is 0 Å². The van der Waals surface area contributed by atoms with Gasteiger partial charge in [-0.05, 0) is 69.6 Å². The first-order chi connectivity index (χ1) is 20.7. The lowest BCUT2D eigenvalue weighted by molar-refractivity contribution is 0.669. The second kappa shape index (κ2) is 8.23. The van der Waals surface area contributed by atoms with Gasteiger partial charge in [-0.2, -0.15) is 0 Å². The fraction of sp³-hybridized carbons (Fsp3) is 0.0526. The van der Waals surface area contributed by atoms with Crippen molar-refractivity contribution < 1.29 is 4.42 Å². The standard InChI is InChI=1S/C38H20Br2OS/c39-28-18-26-34(36-32(28)22-12-6-9-16-30(22)41-36)35-27(19-29(40)33-23-13-2-1-3-17-31(23)42-37(33)35)38(26)24-14-7-4-10-20(24)21-11-5-8-15-25(21)38/h1-12,14-19H,13H2. The van der Waals surface area contributed by atoms with Gasteiger partial charge in [0, 0.05) is 45.8 Å². The van der Waals surface area contributed by atoms with Crippen LogP contribution in [-0.4, -0.2) is 0 Å². The molecule has 1 spiro atoms. The van der Waals surface area contributed by atoms with Crippen LogP contribution in [0.1, 0.15) is 32.7 Å². The maximum Gasteiger partial charge on any atom is 0.144 e. The van der Waals surface area contributed by atoms with Crippen molar-refractivity contribution in [2.24, 2.45) is 0 Å². The first-order valence-corrected chi connectivity index (χ1v) is 16.5. The van der Waals surface area contributed by atoms with Gasteiger partial charge in [-0.25, -0.2) is 0 Å². The molecule has 2 aromatic heterocycles. The first-order valence-electron chi connectivity index (χ1n) is 14.1. The van der Waals surface area contributed by atoms with Crippen molar-refractivity contribution >= 4 is 81.3 Å². The summed E-state index contributed by atoms with van der Waals surface area (Å²) in [5, 5.41) is 3.60. The Kier molecular flexibility index (Phi) is 4.66. The third-order valence-electron chi connectivity index (χ3n) is 9.47. The Bertz CT molecular complexity index is 2370.